The van der Waals surface area contributed by atoms with Crippen molar-refractivity contribution in [3.8, 4) is 0 Å². The van der Waals surface area contributed by atoms with E-state index >= 15 is 0 Å². The molecule has 446 valence electrons. The molecule has 0 heterocycles. The van der Waals surface area contributed by atoms with Crippen LogP contribution in [0.15, 0.2) is 85.1 Å². The zero-order valence-corrected chi connectivity index (χ0v) is 51.8. The van der Waals surface area contributed by atoms with Gasteiger partial charge in [0.05, 0.1) is 33.8 Å². The molecular formula is C67H122N2O7P+. The van der Waals surface area contributed by atoms with Crippen molar-refractivity contribution in [1.82, 2.24) is 5.32 Å². The lowest BCUT2D eigenvalue weighted by Crippen LogP contribution is -2.47. The van der Waals surface area contributed by atoms with Crippen LogP contribution < -0.4 is 5.32 Å². The zero-order chi connectivity index (χ0) is 56.4. The third-order valence-corrected chi connectivity index (χ3v) is 14.9. The Morgan fingerprint density at radius 1 is 0.481 bits per heavy atom. The molecule has 10 heteroatoms. The van der Waals surface area contributed by atoms with Crippen LogP contribution in [0.1, 0.15) is 278 Å². The molecule has 0 bridgehead atoms. The fraction of sp³-hybridized carbons (Fsp3) is 0.761. The first-order chi connectivity index (χ1) is 37.4. The molecule has 0 radical (unpaired) electrons. The minimum atomic E-state index is -4.46. The molecule has 2 N–H and O–H groups in total. The van der Waals surface area contributed by atoms with E-state index in [1.165, 1.54) is 148 Å². The van der Waals surface area contributed by atoms with Crippen molar-refractivity contribution in [1.29, 1.82) is 0 Å². The van der Waals surface area contributed by atoms with E-state index in [1.54, 1.807) is 0 Å². The highest BCUT2D eigenvalue weighted by molar-refractivity contribution is 7.47. The second kappa shape index (κ2) is 56.5. The van der Waals surface area contributed by atoms with Gasteiger partial charge in [-0.3, -0.25) is 18.6 Å². The summed E-state index contributed by atoms with van der Waals surface area (Å²) in [5, 5.41) is 3.04. The van der Waals surface area contributed by atoms with E-state index in [9.17, 15) is 19.0 Å². The third kappa shape index (κ3) is 57.7. The molecule has 1 amide bonds. The third-order valence-electron chi connectivity index (χ3n) is 13.9. The van der Waals surface area contributed by atoms with E-state index in [2.05, 4.69) is 99.0 Å². The summed E-state index contributed by atoms with van der Waals surface area (Å²) in [6.45, 7) is 6.84. The molecule has 0 aromatic carbocycles. The maximum atomic E-state index is 13.5. The van der Waals surface area contributed by atoms with Gasteiger partial charge in [0.1, 0.15) is 19.3 Å². The van der Waals surface area contributed by atoms with Gasteiger partial charge in [0, 0.05) is 12.8 Å². The highest BCUT2D eigenvalue weighted by Crippen LogP contribution is 2.43. The van der Waals surface area contributed by atoms with E-state index in [1.807, 2.05) is 33.3 Å². The number of quaternary nitrogens is 1. The Morgan fingerprint density at radius 2 is 0.883 bits per heavy atom. The van der Waals surface area contributed by atoms with Crippen molar-refractivity contribution >= 4 is 19.7 Å². The Hall–Kier alpha value is -2.81. The fourth-order valence-corrected chi connectivity index (χ4v) is 9.68. The summed E-state index contributed by atoms with van der Waals surface area (Å²) in [5.74, 6) is -0.530. The SMILES string of the molecule is CC/C=C/C=C/C=C\CCCCCCCC(=O)NC(COP(=O)(O)OCC[N+](C)(C)C)C(/C=C\CCCCCCCCCCCCC)OC(=O)CCCCCCCCCCCCCC/C=C\C/C=C\C/C=C\CCCCC. The van der Waals surface area contributed by atoms with E-state index in [0.717, 1.165) is 96.3 Å². The van der Waals surface area contributed by atoms with E-state index in [-0.39, 0.29) is 31.5 Å². The molecule has 0 aliphatic carbocycles. The van der Waals surface area contributed by atoms with Crippen LogP contribution >= 0.6 is 7.82 Å². The van der Waals surface area contributed by atoms with Gasteiger partial charge in [-0.05, 0) is 89.5 Å². The molecule has 0 spiro atoms. The van der Waals surface area contributed by atoms with Crippen molar-refractivity contribution < 1.29 is 37.3 Å². The van der Waals surface area contributed by atoms with Gasteiger partial charge in [-0.15, -0.1) is 0 Å². The summed E-state index contributed by atoms with van der Waals surface area (Å²) in [7, 11) is 1.47. The number of amides is 1. The monoisotopic (exact) mass is 1100 g/mol. The molecule has 0 aromatic rings. The summed E-state index contributed by atoms with van der Waals surface area (Å²) in [6.07, 6.45) is 74.4. The maximum absolute atomic E-state index is 13.5. The second-order valence-corrected chi connectivity index (χ2v) is 24.1. The van der Waals surface area contributed by atoms with Gasteiger partial charge >= 0.3 is 13.8 Å². The van der Waals surface area contributed by atoms with E-state index in [4.69, 9.17) is 13.8 Å². The number of carbonyl (C=O) groups is 2. The molecule has 0 aromatic heterocycles. The van der Waals surface area contributed by atoms with Gasteiger partial charge in [0.25, 0.3) is 0 Å². The van der Waals surface area contributed by atoms with Crippen molar-refractivity contribution in [3.05, 3.63) is 85.1 Å². The van der Waals surface area contributed by atoms with Gasteiger partial charge in [0.2, 0.25) is 5.91 Å². The summed E-state index contributed by atoms with van der Waals surface area (Å²) in [6, 6.07) is -0.863. The Balaban J connectivity index is 5.15. The predicted molar refractivity (Wildman–Crippen MR) is 332 cm³/mol. The van der Waals surface area contributed by atoms with Crippen molar-refractivity contribution in [3.63, 3.8) is 0 Å². The Labute approximate surface area is 476 Å². The van der Waals surface area contributed by atoms with Crippen LogP contribution in [0, 0.1) is 0 Å². The minimum absolute atomic E-state index is 0.0328. The van der Waals surface area contributed by atoms with Crippen LogP contribution in [-0.2, 0) is 27.9 Å². The minimum Gasteiger partial charge on any atom is -0.456 e. The second-order valence-electron chi connectivity index (χ2n) is 22.6. The van der Waals surface area contributed by atoms with Crippen molar-refractivity contribution in [2.45, 2.75) is 290 Å². The number of likely N-dealkylation sites (N-methyl/N-ethyl adjacent to an activating group) is 1. The molecule has 0 saturated carbocycles. The number of phosphoric ester groups is 1. The number of rotatable bonds is 57. The number of unbranched alkanes of at least 4 members (excludes halogenated alkanes) is 31. The lowest BCUT2D eigenvalue weighted by molar-refractivity contribution is -0.870. The summed E-state index contributed by atoms with van der Waals surface area (Å²) < 4.78 is 30.7. The van der Waals surface area contributed by atoms with Crippen LogP contribution in [0.3, 0.4) is 0 Å². The maximum Gasteiger partial charge on any atom is 0.472 e. The number of esters is 1. The molecule has 3 unspecified atom stereocenters. The lowest BCUT2D eigenvalue weighted by Gasteiger charge is -2.27. The number of carbonyl (C=O) groups excluding carboxylic acids is 2. The molecule has 0 aliphatic rings. The van der Waals surface area contributed by atoms with Crippen LogP contribution in [0.4, 0.5) is 0 Å². The molecule has 0 saturated heterocycles. The quantitative estimate of drug-likeness (QED) is 0.0156. The van der Waals surface area contributed by atoms with Gasteiger partial charge in [-0.25, -0.2) is 4.57 Å². The first-order valence-electron chi connectivity index (χ1n) is 31.9. The van der Waals surface area contributed by atoms with Crippen molar-refractivity contribution in [2.75, 3.05) is 40.9 Å². The molecule has 0 fully saturated rings. The molecule has 0 aliphatic heterocycles. The average Bonchev–Trinajstić information content (AvgIpc) is 3.39. The molecule has 0 rings (SSSR count). The Kier molecular flexibility index (Phi) is 54.4. The highest BCUT2D eigenvalue weighted by atomic mass is 31.2. The molecule has 77 heavy (non-hydrogen) atoms. The lowest BCUT2D eigenvalue weighted by atomic mass is 10.0. The first-order valence-corrected chi connectivity index (χ1v) is 33.4. The van der Waals surface area contributed by atoms with Crippen LogP contribution in [0.2, 0.25) is 0 Å². The predicted octanol–water partition coefficient (Wildman–Crippen LogP) is 19.8. The number of hydrogen-bond donors (Lipinski definition) is 2. The number of allylic oxidation sites excluding steroid dienone is 13. The van der Waals surface area contributed by atoms with Gasteiger partial charge in [0.15, 0.2) is 0 Å². The number of hydrogen-bond acceptors (Lipinski definition) is 6. The van der Waals surface area contributed by atoms with Gasteiger partial charge < -0.3 is 19.4 Å². The summed E-state index contributed by atoms with van der Waals surface area (Å²) >= 11 is 0. The number of nitrogens with one attached hydrogen (secondary N) is 1. The first kappa shape index (κ1) is 74.2. The van der Waals surface area contributed by atoms with Crippen LogP contribution in [-0.4, -0.2) is 74.3 Å². The van der Waals surface area contributed by atoms with Gasteiger partial charge in [-0.1, -0.05) is 260 Å². The topological polar surface area (TPSA) is 111 Å². The van der Waals surface area contributed by atoms with Crippen LogP contribution in [0.5, 0.6) is 0 Å². The van der Waals surface area contributed by atoms with E-state index in [0.29, 0.717) is 17.4 Å². The molecule has 3 atom stereocenters. The number of ether oxygens (including phenoxy) is 1. The van der Waals surface area contributed by atoms with E-state index < -0.39 is 20.0 Å². The van der Waals surface area contributed by atoms with Crippen LogP contribution in [0.25, 0.3) is 0 Å². The standard InChI is InChI=1S/C67H121N2O7P/c1-7-10-13-16-19-22-25-28-29-30-31-32-33-34-35-36-37-38-39-42-45-48-51-54-57-60-67(71)76-65(58-55-52-49-46-43-40-26-23-20-17-14-11-8-2)64(63-75-77(72,73)74-62-61-69(4,5)6)68-66(70)59-56-53-50-47-44-41-27-24-21-18-15-12-9-3/h12,15,18-19,21-22,24,27-29,31-32,55,58,64-65H,7-11,13-14,16-17,20,23,25-26,30,33-54,56-57,59-63H2,1-6H3,(H-,68,70,72,73)/p+1/b15-12+,21-18+,22-19-,27-24-,29-28-,32-31-,58-55-. The molecular weight excluding hydrogens is 976 g/mol. The van der Waals surface area contributed by atoms with Gasteiger partial charge in [-0.2, -0.15) is 0 Å². The average molecular weight is 1100 g/mol. The molecule has 9 nitrogen and oxygen atoms in total. The summed E-state index contributed by atoms with van der Waals surface area (Å²) in [5.41, 5.74) is 0. The highest BCUT2D eigenvalue weighted by Gasteiger charge is 2.30. The number of nitrogens with zero attached hydrogens (tertiary/aromatic N) is 1. The number of phosphoric acid groups is 1. The smallest absolute Gasteiger partial charge is 0.456 e. The Morgan fingerprint density at radius 3 is 1.38 bits per heavy atom. The van der Waals surface area contributed by atoms with Crippen molar-refractivity contribution in [2.24, 2.45) is 0 Å². The normalized spacial score (nSPS) is 14.2. The Bertz CT molecular complexity index is 1590. The summed E-state index contributed by atoms with van der Waals surface area (Å²) in [4.78, 5) is 37.7. The fourth-order valence-electron chi connectivity index (χ4n) is 8.95. The zero-order valence-electron chi connectivity index (χ0n) is 50.9. The largest absolute Gasteiger partial charge is 0.472 e.